The van der Waals surface area contributed by atoms with E-state index in [0.717, 1.165) is 17.5 Å². The molecule has 46 heavy (non-hydrogen) atoms. The number of carbonyl (C=O) groups is 4. The lowest BCUT2D eigenvalue weighted by atomic mass is 9.78. The highest BCUT2D eigenvalue weighted by molar-refractivity contribution is 6.31. The van der Waals surface area contributed by atoms with Gasteiger partial charge in [0, 0.05) is 47.0 Å². The number of hydrogen-bond acceptors (Lipinski definition) is 5. The van der Waals surface area contributed by atoms with Crippen molar-refractivity contribution in [1.29, 1.82) is 0 Å². The van der Waals surface area contributed by atoms with Gasteiger partial charge in [-0.3, -0.25) is 19.7 Å². The number of likely N-dealkylation sites (tertiary alicyclic amines) is 1. The van der Waals surface area contributed by atoms with Gasteiger partial charge in [0.15, 0.2) is 5.78 Å². The number of nitrogens with one attached hydrogen (secondary N) is 2. The number of anilines is 1. The maximum atomic E-state index is 13.7. The minimum Gasteiger partial charge on any atom is -0.448 e. The van der Waals surface area contributed by atoms with E-state index in [0.29, 0.717) is 27.4 Å². The molecule has 1 fully saturated rings. The van der Waals surface area contributed by atoms with E-state index in [1.165, 1.54) is 0 Å². The first-order valence-corrected chi connectivity index (χ1v) is 15.7. The Morgan fingerprint density at radius 1 is 0.783 bits per heavy atom. The molecule has 1 heterocycles. The Labute approximate surface area is 273 Å². The van der Waals surface area contributed by atoms with Crippen molar-refractivity contribution < 1.29 is 23.9 Å². The quantitative estimate of drug-likeness (QED) is 0.184. The van der Waals surface area contributed by atoms with Crippen LogP contribution in [0.1, 0.15) is 57.2 Å². The highest BCUT2D eigenvalue weighted by Gasteiger charge is 2.43. The van der Waals surface area contributed by atoms with Crippen molar-refractivity contribution in [3.8, 4) is 0 Å². The van der Waals surface area contributed by atoms with Crippen molar-refractivity contribution in [2.24, 2.45) is 5.41 Å². The van der Waals surface area contributed by atoms with E-state index in [4.69, 9.17) is 16.3 Å². The molecule has 0 atom stereocenters. The Morgan fingerprint density at radius 3 is 2.04 bits per heavy atom. The third-order valence-corrected chi connectivity index (χ3v) is 8.77. The van der Waals surface area contributed by atoms with Crippen LogP contribution < -0.4 is 10.6 Å². The van der Waals surface area contributed by atoms with E-state index in [1.54, 1.807) is 71.6 Å². The van der Waals surface area contributed by atoms with E-state index < -0.39 is 11.5 Å². The molecule has 236 valence electrons. The van der Waals surface area contributed by atoms with Crippen LogP contribution in [0.5, 0.6) is 0 Å². The van der Waals surface area contributed by atoms with Crippen LogP contribution in [0, 0.1) is 5.41 Å². The lowest BCUT2D eigenvalue weighted by Gasteiger charge is -2.40. The predicted octanol–water partition coefficient (Wildman–Crippen LogP) is 6.92. The normalized spacial score (nSPS) is 13.8. The van der Waals surface area contributed by atoms with Gasteiger partial charge in [-0.1, -0.05) is 91.3 Å². The lowest BCUT2D eigenvalue weighted by molar-refractivity contribution is -0.136. The minimum absolute atomic E-state index is 0.118. The summed E-state index contributed by atoms with van der Waals surface area (Å²) in [5, 5.41) is 6.24. The number of nitrogens with zero attached hydrogens (tertiary/aromatic N) is 1. The van der Waals surface area contributed by atoms with Gasteiger partial charge >= 0.3 is 6.09 Å². The molecule has 2 N–H and O–H groups in total. The van der Waals surface area contributed by atoms with Gasteiger partial charge in [0.25, 0.3) is 5.91 Å². The van der Waals surface area contributed by atoms with Crippen LogP contribution in [-0.4, -0.2) is 48.3 Å². The van der Waals surface area contributed by atoms with E-state index in [9.17, 15) is 19.2 Å². The second-order valence-electron chi connectivity index (χ2n) is 11.4. The summed E-state index contributed by atoms with van der Waals surface area (Å²) < 4.78 is 5.62. The number of ether oxygens (including phenoxy) is 1. The predicted molar refractivity (Wildman–Crippen MR) is 178 cm³/mol. The SMILES string of the molecule is CCc1ccc(NC(=O)OCC2(C(=O)NCc3ccccc3Cl)CCN(C(=O)c3ccc(C(=O)c4ccccc4)cc3)CC2)cc1. The minimum atomic E-state index is -1.05. The summed E-state index contributed by atoms with van der Waals surface area (Å²) in [6, 6.07) is 30.3. The zero-order chi connectivity index (χ0) is 32.5. The van der Waals surface area contributed by atoms with Crippen LogP contribution in [0.3, 0.4) is 0 Å². The number of amides is 3. The molecule has 0 spiro atoms. The average molecular weight is 638 g/mol. The fourth-order valence-corrected chi connectivity index (χ4v) is 5.67. The van der Waals surface area contributed by atoms with Gasteiger partial charge in [-0.2, -0.15) is 0 Å². The number of rotatable bonds is 10. The van der Waals surface area contributed by atoms with Crippen molar-refractivity contribution in [2.45, 2.75) is 32.7 Å². The van der Waals surface area contributed by atoms with Crippen molar-refractivity contribution in [2.75, 3.05) is 25.0 Å². The topological polar surface area (TPSA) is 105 Å². The molecule has 0 unspecified atom stereocenters. The van der Waals surface area contributed by atoms with Crippen LogP contribution in [0.2, 0.25) is 5.02 Å². The summed E-state index contributed by atoms with van der Waals surface area (Å²) >= 11 is 6.31. The molecule has 4 aromatic rings. The highest BCUT2D eigenvalue weighted by atomic mass is 35.5. The zero-order valence-corrected chi connectivity index (χ0v) is 26.4. The fourth-order valence-electron chi connectivity index (χ4n) is 5.46. The van der Waals surface area contributed by atoms with Crippen LogP contribution in [0.25, 0.3) is 0 Å². The van der Waals surface area contributed by atoms with Gasteiger partial charge in [0.2, 0.25) is 5.91 Å². The van der Waals surface area contributed by atoms with Gasteiger partial charge in [0.1, 0.15) is 6.61 Å². The van der Waals surface area contributed by atoms with Gasteiger partial charge in [-0.25, -0.2) is 4.79 Å². The third kappa shape index (κ3) is 7.82. The molecule has 1 aliphatic heterocycles. The highest BCUT2D eigenvalue weighted by Crippen LogP contribution is 2.34. The number of aryl methyl sites for hydroxylation is 1. The number of ketones is 1. The number of halogens is 1. The Kier molecular flexibility index (Phi) is 10.5. The molecule has 0 saturated carbocycles. The standard InChI is InChI=1S/C37H36ClN3O5/c1-2-26-12-18-31(19-13-26)40-36(45)46-25-37(35(44)39-24-30-10-6-7-11-32(30)38)20-22-41(23-21-37)34(43)29-16-14-28(15-17-29)33(42)27-8-4-3-5-9-27/h3-19H,2,20-25H2,1H3,(H,39,44)(H,40,45). The fraction of sp³-hybridized carbons (Fsp3) is 0.243. The van der Waals surface area contributed by atoms with E-state index in [1.807, 2.05) is 36.4 Å². The summed E-state index contributed by atoms with van der Waals surface area (Å²) in [4.78, 5) is 54.4. The molecule has 0 aromatic heterocycles. The Balaban J connectivity index is 1.25. The summed E-state index contributed by atoms with van der Waals surface area (Å²) in [7, 11) is 0. The Morgan fingerprint density at radius 2 is 1.39 bits per heavy atom. The molecule has 3 amide bonds. The molecule has 5 rings (SSSR count). The van der Waals surface area contributed by atoms with Crippen LogP contribution in [0.15, 0.2) is 103 Å². The second kappa shape index (κ2) is 14.9. The number of hydrogen-bond donors (Lipinski definition) is 2. The molecule has 0 bridgehead atoms. The van der Waals surface area contributed by atoms with E-state index in [2.05, 4.69) is 17.6 Å². The smallest absolute Gasteiger partial charge is 0.411 e. The van der Waals surface area contributed by atoms with Crippen LogP contribution in [0.4, 0.5) is 10.5 Å². The summed E-state index contributed by atoms with van der Waals surface area (Å²) in [6.45, 7) is 2.68. The molecule has 9 heteroatoms. The van der Waals surface area contributed by atoms with E-state index >= 15 is 0 Å². The third-order valence-electron chi connectivity index (χ3n) is 8.40. The van der Waals surface area contributed by atoms with Gasteiger partial charge < -0.3 is 15.0 Å². The molecule has 0 radical (unpaired) electrons. The van der Waals surface area contributed by atoms with Crippen molar-refractivity contribution in [3.63, 3.8) is 0 Å². The number of carbonyl (C=O) groups excluding carboxylic acids is 4. The van der Waals surface area contributed by atoms with E-state index in [-0.39, 0.29) is 56.7 Å². The largest absolute Gasteiger partial charge is 0.448 e. The summed E-state index contributed by atoms with van der Waals surface area (Å²) in [5.74, 6) is -0.589. The molecule has 8 nitrogen and oxygen atoms in total. The lowest BCUT2D eigenvalue weighted by Crippen LogP contribution is -2.52. The Bertz CT molecular complexity index is 1680. The van der Waals surface area contributed by atoms with Crippen molar-refractivity contribution in [1.82, 2.24) is 10.2 Å². The maximum absolute atomic E-state index is 13.7. The molecular formula is C37H36ClN3O5. The number of piperidine rings is 1. The van der Waals surface area contributed by atoms with Crippen LogP contribution in [-0.2, 0) is 22.5 Å². The average Bonchev–Trinajstić information content (AvgIpc) is 3.10. The molecular weight excluding hydrogens is 602 g/mol. The molecule has 1 saturated heterocycles. The molecule has 0 aliphatic carbocycles. The molecule has 1 aliphatic rings. The first kappa shape index (κ1) is 32.4. The maximum Gasteiger partial charge on any atom is 0.411 e. The van der Waals surface area contributed by atoms with Gasteiger partial charge in [-0.05, 0) is 60.7 Å². The number of benzene rings is 4. The first-order valence-electron chi connectivity index (χ1n) is 15.3. The monoisotopic (exact) mass is 637 g/mol. The molecule has 4 aromatic carbocycles. The van der Waals surface area contributed by atoms with Gasteiger partial charge in [0.05, 0.1) is 5.41 Å². The van der Waals surface area contributed by atoms with Gasteiger partial charge in [-0.15, -0.1) is 0 Å². The Hall–Kier alpha value is -4.95. The first-order chi connectivity index (χ1) is 22.3. The van der Waals surface area contributed by atoms with Crippen molar-refractivity contribution >= 4 is 41.0 Å². The zero-order valence-electron chi connectivity index (χ0n) is 25.6. The van der Waals surface area contributed by atoms with Crippen LogP contribution >= 0.6 is 11.6 Å². The second-order valence-corrected chi connectivity index (χ2v) is 11.8. The summed E-state index contributed by atoms with van der Waals surface area (Å²) in [6.07, 6.45) is 0.799. The van der Waals surface area contributed by atoms with Crippen molar-refractivity contribution in [3.05, 3.63) is 136 Å². The summed E-state index contributed by atoms with van der Waals surface area (Å²) in [5.41, 5.74) is 2.98.